The Bertz CT molecular complexity index is 414. The minimum Gasteiger partial charge on any atom is -0.481 e. The molecule has 0 aromatic carbocycles. The molecule has 1 aromatic heterocycles. The van der Waals surface area contributed by atoms with Gasteiger partial charge in [-0.15, -0.1) is 0 Å². The fourth-order valence-electron chi connectivity index (χ4n) is 1.24. The molecule has 7 heteroatoms. The zero-order chi connectivity index (χ0) is 12.8. The average Bonchev–Trinajstić information content (AvgIpc) is 2.57. The molecular weight excluding hydrogens is 224 g/mol. The van der Waals surface area contributed by atoms with Crippen molar-refractivity contribution in [2.45, 2.75) is 19.9 Å². The van der Waals surface area contributed by atoms with Crippen LogP contribution in [0, 0.1) is 6.92 Å². The van der Waals surface area contributed by atoms with E-state index in [4.69, 9.17) is 5.11 Å². The molecule has 0 aliphatic carbocycles. The summed E-state index contributed by atoms with van der Waals surface area (Å²) in [5, 5.41) is 17.5. The fraction of sp³-hybridized carbons (Fsp3) is 0.500. The highest BCUT2D eigenvalue weighted by Crippen LogP contribution is 2.04. The molecule has 0 unspecified atom stereocenters. The summed E-state index contributed by atoms with van der Waals surface area (Å²) in [5.74, 6) is -0.937. The van der Waals surface area contributed by atoms with Gasteiger partial charge in [-0.2, -0.15) is 5.10 Å². The molecule has 1 rings (SSSR count). The first-order valence-electron chi connectivity index (χ1n) is 5.21. The van der Waals surface area contributed by atoms with Crippen LogP contribution in [0.5, 0.6) is 0 Å². The predicted molar refractivity (Wildman–Crippen MR) is 60.4 cm³/mol. The number of aryl methyl sites for hydroxylation is 1. The van der Waals surface area contributed by atoms with E-state index in [0.29, 0.717) is 6.54 Å². The molecule has 0 aliphatic heterocycles. The maximum Gasteiger partial charge on any atom is 0.315 e. The number of hydrogen-bond donors (Lipinski definition) is 3. The third-order valence-corrected chi connectivity index (χ3v) is 2.40. The van der Waals surface area contributed by atoms with E-state index in [2.05, 4.69) is 15.7 Å². The Morgan fingerprint density at radius 2 is 2.18 bits per heavy atom. The molecule has 1 heterocycles. The first-order valence-corrected chi connectivity index (χ1v) is 5.21. The summed E-state index contributed by atoms with van der Waals surface area (Å²) in [6, 6.07) is -0.380. The van der Waals surface area contributed by atoms with E-state index in [1.54, 1.807) is 10.9 Å². The SMILES string of the molecule is Cc1c(CNC(=O)NCCC(=O)O)cnn1C. The topological polar surface area (TPSA) is 96.2 Å². The van der Waals surface area contributed by atoms with E-state index in [0.717, 1.165) is 11.3 Å². The number of hydrogen-bond acceptors (Lipinski definition) is 3. The zero-order valence-corrected chi connectivity index (χ0v) is 9.86. The van der Waals surface area contributed by atoms with Crippen molar-refractivity contribution >= 4 is 12.0 Å². The molecule has 2 amide bonds. The summed E-state index contributed by atoms with van der Waals surface area (Å²) in [6.07, 6.45) is 1.60. The molecule has 0 radical (unpaired) electrons. The van der Waals surface area contributed by atoms with Crippen LogP contribution in [-0.4, -0.2) is 33.4 Å². The van der Waals surface area contributed by atoms with Gasteiger partial charge in [0.1, 0.15) is 0 Å². The van der Waals surface area contributed by atoms with Crippen LogP contribution in [0.2, 0.25) is 0 Å². The Balaban J connectivity index is 2.28. The first-order chi connectivity index (χ1) is 8.00. The third-order valence-electron chi connectivity index (χ3n) is 2.40. The number of aromatic nitrogens is 2. The van der Waals surface area contributed by atoms with Gasteiger partial charge in [-0.3, -0.25) is 9.48 Å². The van der Waals surface area contributed by atoms with Crippen LogP contribution in [0.1, 0.15) is 17.7 Å². The molecular formula is C10H16N4O3. The molecule has 0 aliphatic rings. The van der Waals surface area contributed by atoms with Gasteiger partial charge in [0.2, 0.25) is 0 Å². The summed E-state index contributed by atoms with van der Waals surface area (Å²) < 4.78 is 1.72. The van der Waals surface area contributed by atoms with Gasteiger partial charge in [0, 0.05) is 31.4 Å². The van der Waals surface area contributed by atoms with Gasteiger partial charge >= 0.3 is 12.0 Å². The number of aliphatic carboxylic acids is 1. The maximum absolute atomic E-state index is 11.3. The number of amides is 2. The van der Waals surface area contributed by atoms with E-state index in [-0.39, 0.29) is 19.0 Å². The molecule has 0 spiro atoms. The highest BCUT2D eigenvalue weighted by molar-refractivity contribution is 5.74. The quantitative estimate of drug-likeness (QED) is 0.675. The number of rotatable bonds is 5. The number of carbonyl (C=O) groups excluding carboxylic acids is 1. The van der Waals surface area contributed by atoms with Crippen LogP contribution in [0.3, 0.4) is 0 Å². The summed E-state index contributed by atoms with van der Waals surface area (Å²) in [6.45, 7) is 2.40. The molecule has 1 aromatic rings. The second kappa shape index (κ2) is 5.88. The van der Waals surface area contributed by atoms with Crippen molar-refractivity contribution in [3.63, 3.8) is 0 Å². The molecule has 0 bridgehead atoms. The standard InChI is InChI=1S/C10H16N4O3/c1-7-8(6-13-14(7)2)5-12-10(17)11-4-3-9(15)16/h6H,3-5H2,1-2H3,(H,15,16)(H2,11,12,17). The molecule has 94 valence electrons. The minimum absolute atomic E-state index is 0.0840. The highest BCUT2D eigenvalue weighted by atomic mass is 16.4. The third kappa shape index (κ3) is 4.13. The Morgan fingerprint density at radius 1 is 1.47 bits per heavy atom. The van der Waals surface area contributed by atoms with Crippen molar-refractivity contribution < 1.29 is 14.7 Å². The number of nitrogens with one attached hydrogen (secondary N) is 2. The predicted octanol–water partition coefficient (Wildman–Crippen LogP) is 0.00242. The van der Waals surface area contributed by atoms with Crippen molar-refractivity contribution in [3.05, 3.63) is 17.5 Å². The fourth-order valence-corrected chi connectivity index (χ4v) is 1.24. The van der Waals surface area contributed by atoms with E-state index in [9.17, 15) is 9.59 Å². The zero-order valence-electron chi connectivity index (χ0n) is 9.86. The van der Waals surface area contributed by atoms with Crippen molar-refractivity contribution in [1.29, 1.82) is 0 Å². The van der Waals surface area contributed by atoms with Crippen molar-refractivity contribution in [2.75, 3.05) is 6.54 Å². The van der Waals surface area contributed by atoms with Gasteiger partial charge in [-0.05, 0) is 6.92 Å². The van der Waals surface area contributed by atoms with E-state index >= 15 is 0 Å². The first kappa shape index (κ1) is 13.0. The lowest BCUT2D eigenvalue weighted by molar-refractivity contribution is -0.136. The van der Waals surface area contributed by atoms with Crippen molar-refractivity contribution in [3.8, 4) is 0 Å². The Morgan fingerprint density at radius 3 is 2.71 bits per heavy atom. The van der Waals surface area contributed by atoms with Gasteiger partial charge in [-0.25, -0.2) is 4.79 Å². The van der Waals surface area contributed by atoms with Gasteiger partial charge in [0.15, 0.2) is 0 Å². The Labute approximate surface area is 98.8 Å². The highest BCUT2D eigenvalue weighted by Gasteiger charge is 2.06. The second-order valence-corrected chi connectivity index (χ2v) is 3.63. The van der Waals surface area contributed by atoms with E-state index in [1.165, 1.54) is 0 Å². The summed E-state index contributed by atoms with van der Waals surface area (Å²) >= 11 is 0. The van der Waals surface area contributed by atoms with Gasteiger partial charge < -0.3 is 15.7 Å². The number of carbonyl (C=O) groups is 2. The minimum atomic E-state index is -0.937. The molecule has 0 atom stereocenters. The summed E-state index contributed by atoms with van der Waals surface area (Å²) in [4.78, 5) is 21.5. The number of nitrogens with zero attached hydrogens (tertiary/aromatic N) is 2. The van der Waals surface area contributed by atoms with Gasteiger partial charge in [0.25, 0.3) is 0 Å². The second-order valence-electron chi connectivity index (χ2n) is 3.63. The maximum atomic E-state index is 11.3. The number of carboxylic acids is 1. The van der Waals surface area contributed by atoms with Crippen molar-refractivity contribution in [2.24, 2.45) is 7.05 Å². The molecule has 7 nitrogen and oxygen atoms in total. The lowest BCUT2D eigenvalue weighted by atomic mass is 10.2. The molecule has 0 saturated carbocycles. The average molecular weight is 240 g/mol. The Kier molecular flexibility index (Phi) is 4.50. The lowest BCUT2D eigenvalue weighted by Crippen LogP contribution is -2.36. The van der Waals surface area contributed by atoms with Gasteiger partial charge in [-0.1, -0.05) is 0 Å². The van der Waals surface area contributed by atoms with Crippen LogP contribution < -0.4 is 10.6 Å². The van der Waals surface area contributed by atoms with E-state index in [1.807, 2.05) is 14.0 Å². The molecule has 0 saturated heterocycles. The summed E-state index contributed by atoms with van der Waals surface area (Å²) in [7, 11) is 1.83. The summed E-state index contributed by atoms with van der Waals surface area (Å²) in [5.41, 5.74) is 1.91. The molecule has 0 fully saturated rings. The Hall–Kier alpha value is -2.05. The molecule has 17 heavy (non-hydrogen) atoms. The van der Waals surface area contributed by atoms with Crippen molar-refractivity contribution in [1.82, 2.24) is 20.4 Å². The van der Waals surface area contributed by atoms with E-state index < -0.39 is 5.97 Å². The van der Waals surface area contributed by atoms with Crippen LogP contribution in [0.25, 0.3) is 0 Å². The smallest absolute Gasteiger partial charge is 0.315 e. The van der Waals surface area contributed by atoms with Crippen LogP contribution >= 0.6 is 0 Å². The van der Waals surface area contributed by atoms with Crippen LogP contribution in [0.15, 0.2) is 6.20 Å². The normalized spacial score (nSPS) is 10.0. The largest absolute Gasteiger partial charge is 0.481 e. The van der Waals surface area contributed by atoms with Crippen LogP contribution in [0.4, 0.5) is 4.79 Å². The number of carboxylic acid groups (broad SMARTS) is 1. The lowest BCUT2D eigenvalue weighted by Gasteiger charge is -2.06. The van der Waals surface area contributed by atoms with Gasteiger partial charge in [0.05, 0.1) is 12.6 Å². The molecule has 3 N–H and O–H groups in total. The van der Waals surface area contributed by atoms with Crippen LogP contribution in [-0.2, 0) is 18.4 Å². The monoisotopic (exact) mass is 240 g/mol. The number of urea groups is 1.